The molecule has 0 aliphatic heterocycles. The summed E-state index contributed by atoms with van der Waals surface area (Å²) in [5.74, 6) is 0.632. The molecule has 0 fully saturated rings. The third-order valence-corrected chi connectivity index (χ3v) is 10.7. The Kier molecular flexibility index (Phi) is 7.46. The van der Waals surface area contributed by atoms with E-state index < -0.39 is 0 Å². The number of hydrogen-bond donors (Lipinski definition) is 0. The summed E-state index contributed by atoms with van der Waals surface area (Å²) in [5.41, 5.74) is 14.5. The summed E-state index contributed by atoms with van der Waals surface area (Å²) in [6.07, 6.45) is 0. The number of benzene rings is 8. The molecule has 0 aliphatic rings. The van der Waals surface area contributed by atoms with Crippen molar-refractivity contribution >= 4 is 43.9 Å². The minimum Gasteiger partial charge on any atom is -0.456 e. The van der Waals surface area contributed by atoms with Gasteiger partial charge in [-0.25, -0.2) is 9.97 Å². The molecule has 4 heteroatoms. The number of nitrogens with zero attached hydrogens (tertiary/aromatic N) is 2. The molecular weight excluding hydrogens is 685 g/mol. The summed E-state index contributed by atoms with van der Waals surface area (Å²) in [4.78, 5) is 10.7. The van der Waals surface area contributed by atoms with Crippen LogP contribution in [0, 0.1) is 0 Å². The zero-order chi connectivity index (χ0) is 37.0. The van der Waals surface area contributed by atoms with E-state index in [1.807, 2.05) is 30.3 Å². The number of hydrogen-bond acceptors (Lipinski definition) is 4. The second kappa shape index (κ2) is 13.1. The van der Waals surface area contributed by atoms with Gasteiger partial charge in [-0.1, -0.05) is 133 Å². The molecule has 0 spiro atoms. The van der Waals surface area contributed by atoms with E-state index in [2.05, 4.69) is 164 Å². The van der Waals surface area contributed by atoms with Crippen molar-refractivity contribution in [2.24, 2.45) is 0 Å². The molecular formula is C52H32N2O2. The maximum atomic E-state index is 6.76. The summed E-state index contributed by atoms with van der Waals surface area (Å²) in [6.45, 7) is 0. The Morgan fingerprint density at radius 3 is 1.50 bits per heavy atom. The highest BCUT2D eigenvalue weighted by Crippen LogP contribution is 2.43. The molecule has 0 saturated carbocycles. The summed E-state index contributed by atoms with van der Waals surface area (Å²) in [7, 11) is 0. The Morgan fingerprint density at radius 2 is 0.821 bits per heavy atom. The predicted octanol–water partition coefficient (Wildman–Crippen LogP) is 14.3. The van der Waals surface area contributed by atoms with Crippen LogP contribution in [-0.2, 0) is 0 Å². The van der Waals surface area contributed by atoms with E-state index in [0.717, 1.165) is 105 Å². The normalized spacial score (nSPS) is 11.6. The Bertz CT molecular complexity index is 3180. The smallest absolute Gasteiger partial charge is 0.161 e. The largest absolute Gasteiger partial charge is 0.456 e. The highest BCUT2D eigenvalue weighted by atomic mass is 16.3. The van der Waals surface area contributed by atoms with E-state index in [4.69, 9.17) is 18.8 Å². The van der Waals surface area contributed by atoms with Gasteiger partial charge in [-0.3, -0.25) is 0 Å². The van der Waals surface area contributed by atoms with Gasteiger partial charge in [0.15, 0.2) is 5.82 Å². The Hall–Kier alpha value is -7.56. The van der Waals surface area contributed by atoms with E-state index in [0.29, 0.717) is 5.82 Å². The van der Waals surface area contributed by atoms with Gasteiger partial charge in [0, 0.05) is 43.8 Å². The third kappa shape index (κ3) is 5.47. The number of para-hydroxylation sites is 2. The van der Waals surface area contributed by atoms with Gasteiger partial charge in [-0.05, 0) is 88.5 Å². The van der Waals surface area contributed by atoms with Crippen molar-refractivity contribution in [3.63, 3.8) is 0 Å². The molecule has 0 unspecified atom stereocenters. The third-order valence-electron chi connectivity index (χ3n) is 10.7. The lowest BCUT2D eigenvalue weighted by Crippen LogP contribution is -1.97. The lowest BCUT2D eigenvalue weighted by Gasteiger charge is -2.14. The van der Waals surface area contributed by atoms with Crippen LogP contribution in [-0.4, -0.2) is 9.97 Å². The van der Waals surface area contributed by atoms with Gasteiger partial charge in [-0.2, -0.15) is 0 Å². The van der Waals surface area contributed by atoms with Crippen molar-refractivity contribution in [3.05, 3.63) is 194 Å². The number of fused-ring (bicyclic) bond motifs is 6. The van der Waals surface area contributed by atoms with Gasteiger partial charge < -0.3 is 8.83 Å². The minimum atomic E-state index is 0.632. The van der Waals surface area contributed by atoms with E-state index >= 15 is 0 Å². The monoisotopic (exact) mass is 716 g/mol. The maximum Gasteiger partial charge on any atom is 0.161 e. The van der Waals surface area contributed by atoms with Gasteiger partial charge in [0.25, 0.3) is 0 Å². The van der Waals surface area contributed by atoms with E-state index in [9.17, 15) is 0 Å². The molecule has 11 aromatic rings. The molecule has 0 aliphatic carbocycles. The lowest BCUT2D eigenvalue weighted by atomic mass is 9.94. The molecule has 3 aromatic heterocycles. The van der Waals surface area contributed by atoms with Crippen LogP contribution in [0.1, 0.15) is 0 Å². The molecule has 8 aromatic carbocycles. The van der Waals surface area contributed by atoms with Gasteiger partial charge in [0.2, 0.25) is 0 Å². The van der Waals surface area contributed by atoms with Crippen LogP contribution < -0.4 is 0 Å². The van der Waals surface area contributed by atoms with Crippen LogP contribution in [0.25, 0.3) is 111 Å². The van der Waals surface area contributed by atoms with Crippen molar-refractivity contribution in [3.8, 4) is 67.3 Å². The Balaban J connectivity index is 1.15. The zero-order valence-corrected chi connectivity index (χ0v) is 30.2. The molecule has 4 nitrogen and oxygen atoms in total. The Morgan fingerprint density at radius 1 is 0.304 bits per heavy atom. The predicted molar refractivity (Wildman–Crippen MR) is 229 cm³/mol. The maximum absolute atomic E-state index is 6.76. The second-order valence-electron chi connectivity index (χ2n) is 14.1. The molecule has 0 N–H and O–H groups in total. The number of aromatic nitrogens is 2. The molecule has 0 radical (unpaired) electrons. The molecule has 3 heterocycles. The van der Waals surface area contributed by atoms with Gasteiger partial charge >= 0.3 is 0 Å². The SMILES string of the molecule is c1ccc(-c2cc(-c3ccccc3)cc(-c3cc(-c4ccccc4)nc(-c4ccc(-c5ccc6oc7ccccc7c6c5)c5oc6ccccc6c45)n3)c2)cc1. The molecule has 11 rings (SSSR count). The highest BCUT2D eigenvalue weighted by Gasteiger charge is 2.21. The topological polar surface area (TPSA) is 52.1 Å². The van der Waals surface area contributed by atoms with Gasteiger partial charge in [0.05, 0.1) is 11.4 Å². The van der Waals surface area contributed by atoms with Crippen molar-refractivity contribution in [2.75, 3.05) is 0 Å². The first-order chi connectivity index (χ1) is 27.7. The van der Waals surface area contributed by atoms with Gasteiger partial charge in [0.1, 0.15) is 22.3 Å². The fraction of sp³-hybridized carbons (Fsp3) is 0. The van der Waals surface area contributed by atoms with Crippen LogP contribution in [0.15, 0.2) is 203 Å². The minimum absolute atomic E-state index is 0.632. The standard InChI is InChI=1S/C52H32N2O2/c1-4-14-33(15-5-1)37-28-38(34-16-6-2-7-17-34)30-39(29-37)46-32-45(35-18-8-3-9-19-35)53-52(54-46)43-26-25-40(51-50(43)42-21-11-13-23-48(42)56-51)36-24-27-49-44(31-36)41-20-10-12-22-47(41)55-49/h1-32H. The van der Waals surface area contributed by atoms with E-state index in [1.54, 1.807) is 0 Å². The van der Waals surface area contributed by atoms with Crippen molar-refractivity contribution < 1.29 is 8.83 Å². The summed E-state index contributed by atoms with van der Waals surface area (Å²) in [5, 5.41) is 4.16. The molecule has 0 bridgehead atoms. The summed E-state index contributed by atoms with van der Waals surface area (Å²) >= 11 is 0. The first-order valence-electron chi connectivity index (χ1n) is 18.8. The fourth-order valence-electron chi connectivity index (χ4n) is 7.98. The average Bonchev–Trinajstić information content (AvgIpc) is 3.85. The van der Waals surface area contributed by atoms with Crippen LogP contribution in [0.3, 0.4) is 0 Å². The summed E-state index contributed by atoms with van der Waals surface area (Å²) < 4.78 is 12.9. The second-order valence-corrected chi connectivity index (χ2v) is 14.1. The average molecular weight is 717 g/mol. The first kappa shape index (κ1) is 31.9. The molecule has 56 heavy (non-hydrogen) atoms. The lowest BCUT2D eigenvalue weighted by molar-refractivity contribution is 0.668. The van der Waals surface area contributed by atoms with Gasteiger partial charge in [-0.15, -0.1) is 0 Å². The van der Waals surface area contributed by atoms with Crippen LogP contribution in [0.2, 0.25) is 0 Å². The van der Waals surface area contributed by atoms with Crippen molar-refractivity contribution in [1.29, 1.82) is 0 Å². The van der Waals surface area contributed by atoms with E-state index in [-0.39, 0.29) is 0 Å². The molecule has 0 atom stereocenters. The van der Waals surface area contributed by atoms with E-state index in [1.165, 1.54) is 0 Å². The molecule has 0 saturated heterocycles. The highest BCUT2D eigenvalue weighted by molar-refractivity contribution is 6.16. The van der Waals surface area contributed by atoms with Crippen LogP contribution in [0.4, 0.5) is 0 Å². The van der Waals surface area contributed by atoms with Crippen molar-refractivity contribution in [1.82, 2.24) is 9.97 Å². The number of furan rings is 2. The zero-order valence-electron chi connectivity index (χ0n) is 30.2. The first-order valence-corrected chi connectivity index (χ1v) is 18.8. The van der Waals surface area contributed by atoms with Crippen molar-refractivity contribution in [2.45, 2.75) is 0 Å². The Labute approximate surface area is 323 Å². The van der Waals surface area contributed by atoms with Crippen LogP contribution in [0.5, 0.6) is 0 Å². The summed E-state index contributed by atoms with van der Waals surface area (Å²) in [6, 6.07) is 67.3. The number of rotatable bonds is 6. The molecule has 0 amide bonds. The van der Waals surface area contributed by atoms with Crippen LogP contribution >= 0.6 is 0 Å². The fourth-order valence-corrected chi connectivity index (χ4v) is 7.98. The quantitative estimate of drug-likeness (QED) is 0.172. The molecule has 262 valence electrons.